The number of fused-ring (bicyclic) bond motifs is 26. The highest BCUT2D eigenvalue weighted by Crippen LogP contribution is 2.47. The van der Waals surface area contributed by atoms with Gasteiger partial charge in [-0.3, -0.25) is 0 Å². The summed E-state index contributed by atoms with van der Waals surface area (Å²) in [4.78, 5) is 0. The first-order chi connectivity index (χ1) is 61.5. The minimum Gasteiger partial charge on any atom is -0.455 e. The fourth-order valence-corrected chi connectivity index (χ4v) is 20.4. The molecule has 0 atom stereocenters. The molecule has 0 bridgehead atoms. The van der Waals surface area contributed by atoms with Gasteiger partial charge >= 0.3 is 11.7 Å². The van der Waals surface area contributed by atoms with Crippen LogP contribution in [-0.4, -0.2) is 13.7 Å². The third-order valence-electron chi connectivity index (χ3n) is 25.6. The lowest BCUT2D eigenvalue weighted by molar-refractivity contribution is -0.664. The van der Waals surface area contributed by atoms with Gasteiger partial charge in [-0.25, -0.2) is 27.4 Å². The maximum Gasteiger partial charge on any atom is 0.384 e. The summed E-state index contributed by atoms with van der Waals surface area (Å²) in [5, 5.41) is 27.5. The van der Waals surface area contributed by atoms with Gasteiger partial charge in [0, 0.05) is 53.9 Å². The van der Waals surface area contributed by atoms with E-state index >= 15 is 0 Å². The predicted octanol–water partition coefficient (Wildman–Crippen LogP) is 26.3. The Morgan fingerprint density at radius 2 is 0.698 bits per heavy atom. The highest BCUT2D eigenvalue weighted by Gasteiger charge is 2.32. The lowest BCUT2D eigenvalue weighted by Crippen LogP contribution is -2.33. The number of pyridine rings is 1. The van der Waals surface area contributed by atoms with Crippen LogP contribution >= 0.6 is 11.3 Å². The number of para-hydroxylation sites is 2. The highest BCUT2D eigenvalue weighted by molar-refractivity contribution is 7.12. The zero-order valence-electron chi connectivity index (χ0n) is 72.0. The average Bonchev–Trinajstić information content (AvgIpc) is 1.54. The number of imidazole rings is 2. The van der Waals surface area contributed by atoms with Crippen LogP contribution in [-0.2, 0) is 49.3 Å². The van der Waals surface area contributed by atoms with E-state index in [4.69, 9.17) is 26.5 Å². The second kappa shape index (κ2) is 30.3. The summed E-state index contributed by atoms with van der Waals surface area (Å²) in [7, 11) is 14.5. The van der Waals surface area contributed by atoms with E-state index in [-0.39, 0.29) is 0 Å². The van der Waals surface area contributed by atoms with Gasteiger partial charge in [0.2, 0.25) is 11.8 Å². The largest absolute Gasteiger partial charge is 0.455 e. The van der Waals surface area contributed by atoms with Crippen LogP contribution in [0.15, 0.2) is 348 Å². The summed E-state index contributed by atoms with van der Waals surface area (Å²) in [6.45, 7) is 10.7. The molecule has 26 rings (SSSR count). The van der Waals surface area contributed by atoms with Crippen molar-refractivity contribution in [1.82, 2.24) is 13.7 Å². The molecule has 0 N–H and O–H groups in total. The highest BCUT2D eigenvalue weighted by atomic mass is 32.1. The van der Waals surface area contributed by atoms with Crippen LogP contribution < -0.4 is 22.8 Å². The van der Waals surface area contributed by atoms with Gasteiger partial charge in [0.1, 0.15) is 82.4 Å². The van der Waals surface area contributed by atoms with Crippen molar-refractivity contribution >= 4 is 186 Å². The summed E-state index contributed by atoms with van der Waals surface area (Å²) in [5.74, 6) is 4.15. The molecule has 11 aromatic heterocycles. The molecule has 610 valence electrons. The monoisotopic (exact) mass is 1660 g/mol. The van der Waals surface area contributed by atoms with Gasteiger partial charge in [0.05, 0.1) is 53.0 Å². The minimum atomic E-state index is 0.807. The van der Waals surface area contributed by atoms with Crippen molar-refractivity contribution in [2.45, 2.75) is 34.6 Å². The van der Waals surface area contributed by atoms with Crippen LogP contribution in [0.4, 0.5) is 0 Å². The Balaban J connectivity index is 0.0000000934. The SMILES string of the molecule is Cc1ccc2c(oc3ccc4ccccc4c32)c1-c1n(C)c2ccccc2[n+]1C.Cc1ccc2c(oc3ccc4ccccc4c32)c1-c1n(C)cc[n+]1C.Cc1ccc2c(oc3ccc4ccccc4c32)c1-c1occ[n+]1C.Cc1ccc2c(oc3ccc4ccccc4c32)c1-c1scc[n+]1C.Cc1cccn1-c1c2oc3ccc4ccccc4c3c2cc[n+]1C. The molecule has 0 aliphatic rings. The Labute approximate surface area is 728 Å². The molecule has 126 heavy (non-hydrogen) atoms. The molecule has 15 aromatic carbocycles. The molecule has 0 unspecified atom stereocenters. The molecule has 0 amide bonds. The predicted molar refractivity (Wildman–Crippen MR) is 512 cm³/mol. The van der Waals surface area contributed by atoms with Crippen LogP contribution in [0.2, 0.25) is 0 Å². The van der Waals surface area contributed by atoms with Gasteiger partial charge in [-0.1, -0.05) is 224 Å². The maximum atomic E-state index is 6.51. The molecule has 15 heteroatoms. The van der Waals surface area contributed by atoms with Crippen molar-refractivity contribution in [1.29, 1.82) is 0 Å². The summed E-state index contributed by atoms with van der Waals surface area (Å²) >= 11 is 1.75. The van der Waals surface area contributed by atoms with E-state index in [0.29, 0.717) is 0 Å². The molecule has 0 fully saturated rings. The van der Waals surface area contributed by atoms with Crippen LogP contribution in [0.5, 0.6) is 0 Å². The second-order valence-electron chi connectivity index (χ2n) is 33.3. The molecular weight excluding hydrogens is 1570 g/mol. The summed E-state index contributed by atoms with van der Waals surface area (Å²) in [6, 6.07) is 95.8. The molecule has 14 nitrogen and oxygen atoms in total. The molecule has 0 radical (unpaired) electrons. The Hall–Kier alpha value is -15.5. The zero-order valence-corrected chi connectivity index (χ0v) is 72.9. The molecule has 0 aliphatic heterocycles. The number of furan rings is 5. The number of rotatable bonds is 5. The van der Waals surface area contributed by atoms with E-state index < -0.39 is 0 Å². The third-order valence-corrected chi connectivity index (χ3v) is 26.6. The topological polar surface area (TPSA) is 113 Å². The van der Waals surface area contributed by atoms with E-state index in [9.17, 15) is 0 Å². The first-order valence-corrected chi connectivity index (χ1v) is 43.4. The van der Waals surface area contributed by atoms with Crippen molar-refractivity contribution in [2.24, 2.45) is 49.3 Å². The number of nitrogens with zero attached hydrogens (tertiary/aromatic N) is 8. The number of hydrogen-bond acceptors (Lipinski definition) is 7. The Morgan fingerprint density at radius 1 is 0.302 bits per heavy atom. The molecule has 0 spiro atoms. The van der Waals surface area contributed by atoms with Gasteiger partial charge in [-0.05, 0) is 171 Å². The second-order valence-corrected chi connectivity index (χ2v) is 34.2. The summed E-state index contributed by atoms with van der Waals surface area (Å²) in [5.41, 5.74) is 22.3. The third kappa shape index (κ3) is 12.3. The average molecular weight is 1660 g/mol. The fourth-order valence-electron chi connectivity index (χ4n) is 19.4. The zero-order chi connectivity index (χ0) is 85.6. The van der Waals surface area contributed by atoms with E-state index in [2.05, 4.69) is 418 Å². The van der Waals surface area contributed by atoms with Crippen LogP contribution in [0.25, 0.3) is 225 Å². The van der Waals surface area contributed by atoms with E-state index in [1.54, 1.807) is 17.6 Å². The van der Waals surface area contributed by atoms with Crippen molar-refractivity contribution in [3.05, 3.63) is 350 Å². The molecule has 11 heterocycles. The number of aromatic nitrogens is 8. The van der Waals surface area contributed by atoms with Crippen LogP contribution in [0.3, 0.4) is 0 Å². The van der Waals surface area contributed by atoms with Gasteiger partial charge in [-0.2, -0.15) is 9.13 Å². The van der Waals surface area contributed by atoms with E-state index in [1.165, 1.54) is 141 Å². The summed E-state index contributed by atoms with van der Waals surface area (Å²) < 4.78 is 54.8. The standard InChI is InChI=1S/C26H21N2O.C22H19N2O.C21H17N2O.C21H16NO2.C21H16NOS/c1-16-12-14-19-24-18-9-5-4-8-17(18)13-15-22(24)29-25(19)23(16)26-27(2)20-10-6-7-11-21(20)28(26)3;1-14-8-10-17-20-16-7-5-4-6-15(16)9-11-18(20)25-21(17)19(14)22-23(2)12-13-24(22)3;1-14-6-5-12-23(14)21-20-17(11-13-22(21)2)19-16-8-4-3-7-15(16)9-10-18(19)24-20;1-13-7-9-16-19-15-6-4-3-5-14(15)8-10-17(19)24-20(16)18(13)21-22(2)11-12-23-21;1-13-7-9-16-19-15-6-4-3-5-14(15)8-10-17(19)23-20(16)18(13)21-22(2)11-12-24-21/h4-15H,1-3H3;4-13H,1-3H3;3-13H,1-2H3;2*3-12H,1-2H3/q5*+1. The maximum absolute atomic E-state index is 6.51. The quantitative estimate of drug-likeness (QED) is 0.159. The number of benzene rings is 15. The van der Waals surface area contributed by atoms with Crippen molar-refractivity contribution in [3.63, 3.8) is 0 Å². The van der Waals surface area contributed by atoms with Gasteiger partial charge < -0.3 is 26.5 Å². The number of aryl methyl sites for hydroxylation is 12. The lowest BCUT2D eigenvalue weighted by Gasteiger charge is -2.05. The van der Waals surface area contributed by atoms with Gasteiger partial charge in [0.25, 0.3) is 16.7 Å². The smallest absolute Gasteiger partial charge is 0.384 e. The molecule has 0 saturated carbocycles. The van der Waals surface area contributed by atoms with Crippen molar-refractivity contribution in [2.75, 3.05) is 0 Å². The summed E-state index contributed by atoms with van der Waals surface area (Å²) in [6.07, 6.45) is 14.0. The first kappa shape index (κ1) is 76.7. The van der Waals surface area contributed by atoms with Crippen LogP contribution in [0, 0.1) is 34.6 Å². The number of thiazole rings is 1. The fraction of sp³-hybridized carbons (Fsp3) is 0.108. The lowest BCUT2D eigenvalue weighted by atomic mass is 10.00. The minimum absolute atomic E-state index is 0.807. The Morgan fingerprint density at radius 3 is 1.10 bits per heavy atom. The molecule has 0 saturated heterocycles. The van der Waals surface area contributed by atoms with Crippen LogP contribution in [0.1, 0.15) is 27.9 Å². The molecule has 0 aliphatic carbocycles. The van der Waals surface area contributed by atoms with Gasteiger partial charge in [0.15, 0.2) is 45.8 Å². The first-order valence-electron chi connectivity index (χ1n) is 42.5. The number of hydrogen-bond donors (Lipinski definition) is 0. The van der Waals surface area contributed by atoms with E-state index in [0.717, 1.165) is 112 Å². The number of oxazole rings is 1. The van der Waals surface area contributed by atoms with Gasteiger partial charge in [-0.15, -0.1) is 0 Å². The van der Waals surface area contributed by atoms with E-state index in [1.807, 2.05) is 17.8 Å². The molecule has 26 aromatic rings. The Kier molecular flexibility index (Phi) is 18.4. The van der Waals surface area contributed by atoms with Crippen molar-refractivity contribution < 1.29 is 49.3 Å². The van der Waals surface area contributed by atoms with Crippen molar-refractivity contribution in [3.8, 4) is 50.6 Å². The normalized spacial score (nSPS) is 11.8. The molecular formula is C111H89N8O6S+5. The Bertz CT molecular complexity index is 8410.